The Morgan fingerprint density at radius 3 is 2.45 bits per heavy atom. The summed E-state index contributed by atoms with van der Waals surface area (Å²) in [5, 5.41) is 3.69. The van der Waals surface area contributed by atoms with E-state index in [1.807, 2.05) is 6.07 Å². The highest BCUT2D eigenvalue weighted by Crippen LogP contribution is 2.23. The smallest absolute Gasteiger partial charge is 0.312 e. The molecular formula is C22H29ClFNO3P+. The molecular weight excluding hydrogens is 412 g/mol. The molecule has 0 aliphatic heterocycles. The van der Waals surface area contributed by atoms with Gasteiger partial charge in [0.15, 0.2) is 0 Å². The molecule has 0 heterocycles. The van der Waals surface area contributed by atoms with Gasteiger partial charge >= 0.3 is 8.25 Å². The lowest BCUT2D eigenvalue weighted by molar-refractivity contribution is 0.276. The Bertz CT molecular complexity index is 761. The Morgan fingerprint density at radius 1 is 1.00 bits per heavy atom. The lowest BCUT2D eigenvalue weighted by atomic mass is 10.0. The van der Waals surface area contributed by atoms with Crippen molar-refractivity contribution in [2.75, 3.05) is 13.2 Å². The van der Waals surface area contributed by atoms with E-state index in [-0.39, 0.29) is 12.4 Å². The quantitative estimate of drug-likeness (QED) is 0.280. The van der Waals surface area contributed by atoms with E-state index >= 15 is 0 Å². The van der Waals surface area contributed by atoms with Crippen LogP contribution in [0.5, 0.6) is 0 Å². The molecule has 29 heavy (non-hydrogen) atoms. The Hall–Kier alpha value is -1.36. The van der Waals surface area contributed by atoms with Gasteiger partial charge in [0.1, 0.15) is 12.4 Å². The number of benzene rings is 2. The van der Waals surface area contributed by atoms with Crippen molar-refractivity contribution < 1.29 is 18.4 Å². The van der Waals surface area contributed by atoms with E-state index in [9.17, 15) is 8.96 Å². The molecule has 1 unspecified atom stereocenters. The summed E-state index contributed by atoms with van der Waals surface area (Å²) >= 11 is 6.34. The zero-order valence-electron chi connectivity index (χ0n) is 16.6. The van der Waals surface area contributed by atoms with Gasteiger partial charge in [-0.15, -0.1) is 9.42 Å². The predicted molar refractivity (Wildman–Crippen MR) is 116 cm³/mol. The average molecular weight is 441 g/mol. The van der Waals surface area contributed by atoms with Gasteiger partial charge in [0, 0.05) is 21.7 Å². The van der Waals surface area contributed by atoms with E-state index in [2.05, 4.69) is 34.1 Å². The molecule has 4 nitrogen and oxygen atoms in total. The SMILES string of the molecule is O=[P+](O)OCCCNCc1cc(Cl)c(CCCCCCc2ccccc2)cc1F. The Kier molecular flexibility index (Phi) is 11.4. The fourth-order valence-electron chi connectivity index (χ4n) is 3.16. The van der Waals surface area contributed by atoms with Gasteiger partial charge in [0.25, 0.3) is 0 Å². The topological polar surface area (TPSA) is 58.6 Å². The minimum Gasteiger partial charge on any atom is -0.312 e. The Labute approximate surface area is 178 Å². The number of unbranched alkanes of at least 4 members (excludes halogenated alkanes) is 3. The highest BCUT2D eigenvalue weighted by Gasteiger charge is 2.11. The third kappa shape index (κ3) is 9.79. The first-order valence-corrected chi connectivity index (χ1v) is 11.6. The van der Waals surface area contributed by atoms with E-state index in [1.54, 1.807) is 12.1 Å². The average Bonchev–Trinajstić information content (AvgIpc) is 2.70. The molecule has 2 aromatic rings. The van der Waals surface area contributed by atoms with Crippen LogP contribution in [0.25, 0.3) is 0 Å². The second-order valence-corrected chi connectivity index (χ2v) is 8.18. The van der Waals surface area contributed by atoms with Crippen LogP contribution in [0.15, 0.2) is 42.5 Å². The van der Waals surface area contributed by atoms with E-state index in [4.69, 9.17) is 16.5 Å². The van der Waals surface area contributed by atoms with Gasteiger partial charge in [-0.3, -0.25) is 0 Å². The molecule has 0 aromatic heterocycles. The normalized spacial score (nSPS) is 11.6. The lowest BCUT2D eigenvalue weighted by Gasteiger charge is -2.10. The number of nitrogens with one attached hydrogen (secondary N) is 1. The summed E-state index contributed by atoms with van der Waals surface area (Å²) < 4.78 is 29.3. The van der Waals surface area contributed by atoms with E-state index < -0.39 is 8.25 Å². The van der Waals surface area contributed by atoms with E-state index in [0.29, 0.717) is 30.1 Å². The van der Waals surface area contributed by atoms with Crippen molar-refractivity contribution in [2.24, 2.45) is 0 Å². The summed E-state index contributed by atoms with van der Waals surface area (Å²) in [4.78, 5) is 8.53. The minimum atomic E-state index is -2.55. The first-order valence-electron chi connectivity index (χ1n) is 10.1. The minimum absolute atomic E-state index is 0.187. The van der Waals surface area contributed by atoms with Crippen LogP contribution in [0, 0.1) is 5.82 Å². The van der Waals surface area contributed by atoms with Crippen LogP contribution in [-0.2, 0) is 28.5 Å². The Morgan fingerprint density at radius 2 is 1.72 bits per heavy atom. The number of rotatable bonds is 14. The molecule has 2 N–H and O–H groups in total. The second-order valence-electron chi connectivity index (χ2n) is 7.04. The maximum atomic E-state index is 14.3. The molecule has 0 aliphatic rings. The molecule has 158 valence electrons. The molecule has 0 spiro atoms. The van der Waals surface area contributed by atoms with Crippen LogP contribution in [-0.4, -0.2) is 18.0 Å². The largest absolute Gasteiger partial charge is 0.694 e. The molecule has 2 aromatic carbocycles. The fraction of sp³-hybridized carbons (Fsp3) is 0.455. The highest BCUT2D eigenvalue weighted by atomic mass is 35.5. The molecule has 0 bridgehead atoms. The van der Waals surface area contributed by atoms with E-state index in [0.717, 1.165) is 44.1 Å². The summed E-state index contributed by atoms with van der Waals surface area (Å²) in [6, 6.07) is 13.7. The zero-order chi connectivity index (χ0) is 20.9. The first kappa shape index (κ1) is 23.9. The van der Waals surface area contributed by atoms with Crippen LogP contribution in [0.2, 0.25) is 5.02 Å². The lowest BCUT2D eigenvalue weighted by Crippen LogP contribution is -2.17. The molecule has 0 radical (unpaired) electrons. The molecule has 7 heteroatoms. The molecule has 2 rings (SSSR count). The number of halogens is 2. The molecule has 0 aliphatic carbocycles. The molecule has 0 amide bonds. The number of aryl methyl sites for hydroxylation is 2. The molecule has 1 atom stereocenters. The summed E-state index contributed by atoms with van der Waals surface area (Å²) in [6.07, 6.45) is 6.88. The van der Waals surface area contributed by atoms with Crippen LogP contribution in [0.3, 0.4) is 0 Å². The van der Waals surface area contributed by atoms with Crippen molar-refractivity contribution in [1.82, 2.24) is 5.32 Å². The van der Waals surface area contributed by atoms with Gasteiger partial charge < -0.3 is 5.32 Å². The molecule has 0 saturated heterocycles. The second kappa shape index (κ2) is 13.8. The summed E-state index contributed by atoms with van der Waals surface area (Å²) in [7, 11) is -2.55. The van der Waals surface area contributed by atoms with Gasteiger partial charge in [0.2, 0.25) is 0 Å². The van der Waals surface area contributed by atoms with Crippen molar-refractivity contribution in [2.45, 2.75) is 51.5 Å². The van der Waals surface area contributed by atoms with Gasteiger partial charge in [-0.05, 0) is 61.9 Å². The van der Waals surface area contributed by atoms with Crippen molar-refractivity contribution in [3.8, 4) is 0 Å². The highest BCUT2D eigenvalue weighted by molar-refractivity contribution is 7.32. The van der Waals surface area contributed by atoms with Crippen molar-refractivity contribution in [3.63, 3.8) is 0 Å². The van der Waals surface area contributed by atoms with Crippen molar-refractivity contribution in [1.29, 1.82) is 0 Å². The Balaban J connectivity index is 1.65. The van der Waals surface area contributed by atoms with Crippen LogP contribution in [0.1, 0.15) is 48.8 Å². The summed E-state index contributed by atoms with van der Waals surface area (Å²) in [6.45, 7) is 1.10. The zero-order valence-corrected chi connectivity index (χ0v) is 18.2. The van der Waals surface area contributed by atoms with Crippen molar-refractivity contribution >= 4 is 19.9 Å². The predicted octanol–water partition coefficient (Wildman–Crippen LogP) is 5.97. The third-order valence-electron chi connectivity index (χ3n) is 4.73. The molecule has 0 fully saturated rings. The van der Waals surface area contributed by atoms with Crippen LogP contribution < -0.4 is 5.32 Å². The molecule has 0 saturated carbocycles. The van der Waals surface area contributed by atoms with Crippen LogP contribution >= 0.6 is 19.9 Å². The van der Waals surface area contributed by atoms with Gasteiger partial charge in [-0.25, -0.2) is 4.39 Å². The maximum absolute atomic E-state index is 14.3. The standard InChI is InChI=1S/C22H28ClFNO3P/c23-21-15-20(17-25-13-8-14-28-29(26)27)22(24)16-19(21)12-7-2-1-4-9-18-10-5-3-6-11-18/h3,5-6,10-11,15-16,25H,1-2,4,7-9,12-14,17H2/p+1. The number of hydrogen-bond donors (Lipinski definition) is 2. The number of hydrogen-bond acceptors (Lipinski definition) is 3. The monoisotopic (exact) mass is 440 g/mol. The van der Waals surface area contributed by atoms with Crippen LogP contribution in [0.4, 0.5) is 4.39 Å². The third-order valence-corrected chi connectivity index (χ3v) is 5.49. The van der Waals surface area contributed by atoms with Gasteiger partial charge in [-0.2, -0.15) is 0 Å². The van der Waals surface area contributed by atoms with Gasteiger partial charge in [-0.1, -0.05) is 54.8 Å². The first-order chi connectivity index (χ1) is 14.1. The van der Waals surface area contributed by atoms with E-state index in [1.165, 1.54) is 5.56 Å². The summed E-state index contributed by atoms with van der Waals surface area (Å²) in [5.74, 6) is -0.254. The maximum Gasteiger partial charge on any atom is 0.694 e. The summed E-state index contributed by atoms with van der Waals surface area (Å²) in [5.41, 5.74) is 2.75. The van der Waals surface area contributed by atoms with Crippen molar-refractivity contribution in [3.05, 3.63) is 70.0 Å². The fourth-order valence-corrected chi connectivity index (χ4v) is 3.73. The van der Waals surface area contributed by atoms with Gasteiger partial charge in [0.05, 0.1) is 0 Å².